The number of nitrogens with zero attached hydrogens (tertiary/aromatic N) is 2. The average molecular weight is 502 g/mol. The van der Waals surface area contributed by atoms with Gasteiger partial charge in [-0.25, -0.2) is 4.98 Å². The van der Waals surface area contributed by atoms with Crippen LogP contribution < -0.4 is 15.4 Å². The third kappa shape index (κ3) is 8.94. The molecule has 1 aromatic rings. The number of hydrogen-bond acceptors (Lipinski definition) is 4. The van der Waals surface area contributed by atoms with E-state index in [2.05, 4.69) is 20.6 Å². The van der Waals surface area contributed by atoms with E-state index < -0.39 is 0 Å². The van der Waals surface area contributed by atoms with Gasteiger partial charge >= 0.3 is 0 Å². The number of pyridine rings is 1. The number of guanidine groups is 1. The molecule has 1 heterocycles. The molecule has 2 aliphatic rings. The highest BCUT2D eigenvalue weighted by atomic mass is 127. The zero-order chi connectivity index (χ0) is 18.7. The van der Waals surface area contributed by atoms with Crippen LogP contribution in [0.15, 0.2) is 23.3 Å². The summed E-state index contributed by atoms with van der Waals surface area (Å²) in [6.45, 7) is 3.16. The Morgan fingerprint density at radius 1 is 1.18 bits per heavy atom. The number of aromatic nitrogens is 1. The highest BCUT2D eigenvalue weighted by Gasteiger charge is 2.22. The fraction of sp³-hybridized carbons (Fsp3) is 0.714. The summed E-state index contributed by atoms with van der Waals surface area (Å²) in [6.07, 6.45) is 12.3. The van der Waals surface area contributed by atoms with Crippen LogP contribution in [0.5, 0.6) is 5.88 Å². The van der Waals surface area contributed by atoms with E-state index in [1.165, 1.54) is 44.9 Å². The molecular formula is C21H35IN4O2. The molecule has 0 aliphatic heterocycles. The van der Waals surface area contributed by atoms with Crippen molar-refractivity contribution in [2.75, 3.05) is 26.8 Å². The number of halogens is 1. The van der Waals surface area contributed by atoms with Crippen LogP contribution in [-0.4, -0.2) is 43.9 Å². The van der Waals surface area contributed by atoms with E-state index in [1.807, 2.05) is 12.1 Å². The van der Waals surface area contributed by atoms with Crippen LogP contribution in [0.1, 0.15) is 56.9 Å². The maximum absolute atomic E-state index is 5.96. The summed E-state index contributed by atoms with van der Waals surface area (Å²) in [6, 6.07) is 4.00. The summed E-state index contributed by atoms with van der Waals surface area (Å²) in [5, 5.41) is 6.70. The van der Waals surface area contributed by atoms with E-state index >= 15 is 0 Å². The summed E-state index contributed by atoms with van der Waals surface area (Å²) in [5.74, 6) is 2.26. The zero-order valence-corrected chi connectivity index (χ0v) is 19.3. The number of hydrogen-bond donors (Lipinski definition) is 2. The Hall–Kier alpha value is -1.09. The largest absolute Gasteiger partial charge is 0.477 e. The van der Waals surface area contributed by atoms with Crippen molar-refractivity contribution in [3.8, 4) is 5.88 Å². The third-order valence-corrected chi connectivity index (χ3v) is 5.17. The summed E-state index contributed by atoms with van der Waals surface area (Å²) < 4.78 is 11.7. The first kappa shape index (κ1) is 23.2. The summed E-state index contributed by atoms with van der Waals surface area (Å²) in [7, 11) is 1.80. The predicted octanol–water partition coefficient (Wildman–Crippen LogP) is 3.89. The molecule has 3 rings (SSSR count). The fourth-order valence-electron chi connectivity index (χ4n) is 3.29. The Morgan fingerprint density at radius 3 is 2.75 bits per heavy atom. The molecule has 7 heteroatoms. The minimum absolute atomic E-state index is 0. The molecule has 6 nitrogen and oxygen atoms in total. The lowest BCUT2D eigenvalue weighted by Gasteiger charge is -2.22. The second kappa shape index (κ2) is 13.2. The van der Waals surface area contributed by atoms with Gasteiger partial charge in [0.15, 0.2) is 5.96 Å². The first-order chi connectivity index (χ1) is 13.3. The first-order valence-corrected chi connectivity index (χ1v) is 10.5. The fourth-order valence-corrected chi connectivity index (χ4v) is 3.29. The van der Waals surface area contributed by atoms with E-state index in [9.17, 15) is 0 Å². The maximum atomic E-state index is 5.96. The molecule has 0 unspecified atom stereocenters. The van der Waals surface area contributed by atoms with Crippen molar-refractivity contribution >= 4 is 29.9 Å². The average Bonchev–Trinajstić information content (AvgIpc) is 3.54. The molecular weight excluding hydrogens is 467 g/mol. The van der Waals surface area contributed by atoms with Gasteiger partial charge in [-0.2, -0.15) is 0 Å². The molecule has 0 spiro atoms. The second-order valence-electron chi connectivity index (χ2n) is 7.59. The van der Waals surface area contributed by atoms with Gasteiger partial charge in [-0.3, -0.25) is 4.99 Å². The Balaban J connectivity index is 0.00000280. The van der Waals surface area contributed by atoms with Gasteiger partial charge < -0.3 is 20.1 Å². The Bertz CT molecular complexity index is 590. The van der Waals surface area contributed by atoms with E-state index in [0.717, 1.165) is 43.6 Å². The van der Waals surface area contributed by atoms with Crippen molar-refractivity contribution in [1.82, 2.24) is 15.6 Å². The van der Waals surface area contributed by atoms with Crippen molar-refractivity contribution in [2.24, 2.45) is 10.9 Å². The lowest BCUT2D eigenvalue weighted by atomic mass is 9.98. The van der Waals surface area contributed by atoms with Gasteiger partial charge in [0.1, 0.15) is 0 Å². The minimum Gasteiger partial charge on any atom is -0.477 e. The second-order valence-corrected chi connectivity index (χ2v) is 7.59. The van der Waals surface area contributed by atoms with Crippen LogP contribution in [0.4, 0.5) is 0 Å². The number of nitrogens with one attached hydrogen (secondary N) is 2. The third-order valence-electron chi connectivity index (χ3n) is 5.17. The normalized spacial score (nSPS) is 17.7. The Kier molecular flexibility index (Phi) is 10.9. The van der Waals surface area contributed by atoms with Crippen LogP contribution in [0, 0.1) is 5.92 Å². The van der Waals surface area contributed by atoms with E-state index in [0.29, 0.717) is 18.5 Å². The van der Waals surface area contributed by atoms with Gasteiger partial charge in [0, 0.05) is 39.0 Å². The van der Waals surface area contributed by atoms with Gasteiger partial charge in [0.25, 0.3) is 0 Å². The zero-order valence-electron chi connectivity index (χ0n) is 17.0. The lowest BCUT2D eigenvalue weighted by molar-refractivity contribution is 0.0277. The molecule has 0 saturated heterocycles. The molecule has 2 fully saturated rings. The standard InChI is InChI=1S/C21H34N4O2.HI/c1-22-21(24-11-5-13-26-19-6-3-2-4-7-19)25-15-18-10-12-23-20(14-18)27-16-17-8-9-17;/h10,12,14,17,19H,2-9,11,13,15-16H2,1H3,(H2,22,24,25);1H. The highest BCUT2D eigenvalue weighted by molar-refractivity contribution is 14.0. The topological polar surface area (TPSA) is 67.8 Å². The molecule has 0 bridgehead atoms. The van der Waals surface area contributed by atoms with E-state index in [1.54, 1.807) is 13.2 Å². The van der Waals surface area contributed by atoms with E-state index in [4.69, 9.17) is 9.47 Å². The molecule has 1 aromatic heterocycles. The molecule has 28 heavy (non-hydrogen) atoms. The molecule has 2 saturated carbocycles. The van der Waals surface area contributed by atoms with Gasteiger partial charge in [-0.1, -0.05) is 19.3 Å². The van der Waals surface area contributed by atoms with Gasteiger partial charge in [-0.15, -0.1) is 24.0 Å². The monoisotopic (exact) mass is 502 g/mol. The van der Waals surface area contributed by atoms with Crippen molar-refractivity contribution in [3.05, 3.63) is 23.9 Å². The van der Waals surface area contributed by atoms with Gasteiger partial charge in [0.2, 0.25) is 5.88 Å². The summed E-state index contributed by atoms with van der Waals surface area (Å²) in [5.41, 5.74) is 1.14. The number of aliphatic imine (C=N–C) groups is 1. The van der Waals surface area contributed by atoms with Crippen LogP contribution in [0.25, 0.3) is 0 Å². The molecule has 2 aliphatic carbocycles. The van der Waals surface area contributed by atoms with E-state index in [-0.39, 0.29) is 24.0 Å². The maximum Gasteiger partial charge on any atom is 0.213 e. The number of ether oxygens (including phenoxy) is 2. The minimum atomic E-state index is 0. The van der Waals surface area contributed by atoms with Crippen LogP contribution in [-0.2, 0) is 11.3 Å². The first-order valence-electron chi connectivity index (χ1n) is 10.5. The summed E-state index contributed by atoms with van der Waals surface area (Å²) in [4.78, 5) is 8.57. The Morgan fingerprint density at radius 2 is 2.00 bits per heavy atom. The van der Waals surface area contributed by atoms with Crippen LogP contribution in [0.3, 0.4) is 0 Å². The van der Waals surface area contributed by atoms with Crippen molar-refractivity contribution < 1.29 is 9.47 Å². The van der Waals surface area contributed by atoms with Gasteiger partial charge in [-0.05, 0) is 49.7 Å². The molecule has 158 valence electrons. The lowest BCUT2D eigenvalue weighted by Crippen LogP contribution is -2.37. The van der Waals surface area contributed by atoms with Crippen LogP contribution >= 0.6 is 24.0 Å². The SMILES string of the molecule is CN=C(NCCCOC1CCCCC1)NCc1ccnc(OCC2CC2)c1.I. The number of rotatable bonds is 10. The van der Waals surface area contributed by atoms with Crippen LogP contribution in [0.2, 0.25) is 0 Å². The molecule has 0 atom stereocenters. The predicted molar refractivity (Wildman–Crippen MR) is 124 cm³/mol. The molecule has 2 N–H and O–H groups in total. The van der Waals surface area contributed by atoms with Crippen molar-refractivity contribution in [3.63, 3.8) is 0 Å². The van der Waals surface area contributed by atoms with Crippen molar-refractivity contribution in [2.45, 2.75) is 64.0 Å². The summed E-state index contributed by atoms with van der Waals surface area (Å²) >= 11 is 0. The molecule has 0 radical (unpaired) electrons. The molecule has 0 amide bonds. The quantitative estimate of drug-likeness (QED) is 0.220. The smallest absolute Gasteiger partial charge is 0.213 e. The van der Waals surface area contributed by atoms with Gasteiger partial charge in [0.05, 0.1) is 12.7 Å². The highest BCUT2D eigenvalue weighted by Crippen LogP contribution is 2.29. The van der Waals surface area contributed by atoms with Crippen molar-refractivity contribution in [1.29, 1.82) is 0 Å². The molecule has 0 aromatic carbocycles. The Labute approximate surface area is 186 Å².